The van der Waals surface area contributed by atoms with Crippen LogP contribution < -0.4 is 14.4 Å². The number of hydrogen-bond acceptors (Lipinski definition) is 5. The van der Waals surface area contributed by atoms with E-state index in [2.05, 4.69) is 5.32 Å². The van der Waals surface area contributed by atoms with Gasteiger partial charge in [-0.3, -0.25) is 13.9 Å². The van der Waals surface area contributed by atoms with Crippen molar-refractivity contribution in [1.29, 1.82) is 0 Å². The molecule has 0 radical (unpaired) electrons. The Kier molecular flexibility index (Phi) is 11.3. The maximum Gasteiger partial charge on any atom is 0.264 e. The van der Waals surface area contributed by atoms with Crippen LogP contribution in [0, 0.1) is 13.8 Å². The number of carbonyl (C=O) groups is 2. The molecule has 0 spiro atoms. The third-order valence-electron chi connectivity index (χ3n) is 6.69. The summed E-state index contributed by atoms with van der Waals surface area (Å²) in [6.07, 6.45) is 1.12. The maximum atomic E-state index is 14.2. The minimum absolute atomic E-state index is 0.0557. The van der Waals surface area contributed by atoms with Crippen molar-refractivity contribution in [3.05, 3.63) is 89.5 Å². The average molecular weight is 580 g/mol. The quantitative estimate of drug-likeness (QED) is 0.282. The molecule has 0 unspecified atom stereocenters. The summed E-state index contributed by atoms with van der Waals surface area (Å²) in [4.78, 5) is 29.0. The molecule has 0 fully saturated rings. The Morgan fingerprint density at radius 2 is 1.61 bits per heavy atom. The number of nitrogens with zero attached hydrogens (tertiary/aromatic N) is 2. The first-order valence-corrected chi connectivity index (χ1v) is 15.5. The van der Waals surface area contributed by atoms with Crippen LogP contribution in [0.25, 0.3) is 0 Å². The number of hydrogen-bond donors (Lipinski definition) is 1. The molecule has 41 heavy (non-hydrogen) atoms. The molecule has 0 saturated carbocycles. The van der Waals surface area contributed by atoms with Gasteiger partial charge in [0, 0.05) is 13.1 Å². The zero-order valence-corrected chi connectivity index (χ0v) is 25.4. The lowest BCUT2D eigenvalue weighted by atomic mass is 10.1. The van der Waals surface area contributed by atoms with Gasteiger partial charge in [0.2, 0.25) is 11.8 Å². The van der Waals surface area contributed by atoms with E-state index >= 15 is 0 Å². The zero-order chi connectivity index (χ0) is 30.0. The lowest BCUT2D eigenvalue weighted by molar-refractivity contribution is -0.140. The van der Waals surface area contributed by atoms with Gasteiger partial charge in [0.1, 0.15) is 18.3 Å². The molecule has 1 N–H and O–H groups in total. The summed E-state index contributed by atoms with van der Waals surface area (Å²) in [5.41, 5.74) is 3.03. The van der Waals surface area contributed by atoms with Crippen LogP contribution in [0.3, 0.4) is 0 Å². The van der Waals surface area contributed by atoms with Gasteiger partial charge in [0.15, 0.2) is 0 Å². The van der Waals surface area contributed by atoms with Crippen molar-refractivity contribution in [2.24, 2.45) is 0 Å². The van der Waals surface area contributed by atoms with E-state index in [1.54, 1.807) is 36.4 Å². The number of aryl methyl sites for hydroxylation is 2. The number of para-hydroxylation sites is 2. The van der Waals surface area contributed by atoms with Gasteiger partial charge in [-0.2, -0.15) is 0 Å². The molecule has 0 saturated heterocycles. The van der Waals surface area contributed by atoms with E-state index in [-0.39, 0.29) is 23.0 Å². The van der Waals surface area contributed by atoms with Crippen LogP contribution in [0.15, 0.2) is 77.7 Å². The fourth-order valence-corrected chi connectivity index (χ4v) is 6.01. The van der Waals surface area contributed by atoms with Crippen LogP contribution in [0.2, 0.25) is 0 Å². The Labute approximate surface area is 244 Å². The number of anilines is 1. The van der Waals surface area contributed by atoms with Crippen molar-refractivity contribution in [1.82, 2.24) is 10.2 Å². The highest BCUT2D eigenvalue weighted by Gasteiger charge is 2.34. The molecular formula is C32H41N3O5S. The van der Waals surface area contributed by atoms with Gasteiger partial charge in [-0.1, -0.05) is 73.5 Å². The normalized spacial score (nSPS) is 11.9. The molecule has 9 heteroatoms. The monoisotopic (exact) mass is 579 g/mol. The number of ether oxygens (including phenoxy) is 1. The second-order valence-electron chi connectivity index (χ2n) is 9.95. The Hall–Kier alpha value is -3.85. The van der Waals surface area contributed by atoms with E-state index in [0.29, 0.717) is 25.3 Å². The summed E-state index contributed by atoms with van der Waals surface area (Å²) in [5, 5.41) is 2.90. The number of nitrogens with one attached hydrogen (secondary N) is 1. The van der Waals surface area contributed by atoms with E-state index in [1.165, 1.54) is 17.0 Å². The highest BCUT2D eigenvalue weighted by Crippen LogP contribution is 2.33. The topological polar surface area (TPSA) is 96.0 Å². The highest BCUT2D eigenvalue weighted by molar-refractivity contribution is 7.92. The van der Waals surface area contributed by atoms with Gasteiger partial charge in [-0.25, -0.2) is 8.42 Å². The molecule has 0 aromatic heterocycles. The van der Waals surface area contributed by atoms with Crippen molar-refractivity contribution >= 4 is 27.5 Å². The summed E-state index contributed by atoms with van der Waals surface area (Å²) in [6, 6.07) is 20.2. The summed E-state index contributed by atoms with van der Waals surface area (Å²) in [5.74, 6) is -0.415. The summed E-state index contributed by atoms with van der Waals surface area (Å²) < 4.78 is 35.1. The fraction of sp³-hybridized carbons (Fsp3) is 0.375. The van der Waals surface area contributed by atoms with Crippen LogP contribution in [0.1, 0.15) is 50.3 Å². The van der Waals surface area contributed by atoms with E-state index in [9.17, 15) is 18.0 Å². The molecule has 3 aromatic rings. The van der Waals surface area contributed by atoms with Gasteiger partial charge in [0.25, 0.3) is 10.0 Å². The van der Waals surface area contributed by atoms with Crippen LogP contribution in [0.4, 0.5) is 5.69 Å². The Morgan fingerprint density at radius 1 is 0.902 bits per heavy atom. The number of amides is 2. The van der Waals surface area contributed by atoms with Gasteiger partial charge in [-0.05, 0) is 63.4 Å². The molecule has 220 valence electrons. The van der Waals surface area contributed by atoms with Crippen LogP contribution >= 0.6 is 0 Å². The molecule has 8 nitrogen and oxygen atoms in total. The van der Waals surface area contributed by atoms with E-state index in [1.807, 2.05) is 58.9 Å². The first-order chi connectivity index (χ1) is 19.6. The molecule has 0 aliphatic heterocycles. The Bertz CT molecular complexity index is 1420. The minimum atomic E-state index is -4.18. The largest absolute Gasteiger partial charge is 0.492 e. The maximum absolute atomic E-state index is 14.2. The predicted octanol–water partition coefficient (Wildman–Crippen LogP) is 5.23. The van der Waals surface area contributed by atoms with Crippen LogP contribution in [-0.4, -0.2) is 50.9 Å². The SMILES string of the molecule is CCCNC(=O)[C@@H](CC)N(Cc1cccc(C)c1)C(=O)CN(c1ccccc1OCC)S(=O)(=O)c1ccc(C)cc1. The second kappa shape index (κ2) is 14.7. The van der Waals surface area contributed by atoms with E-state index < -0.39 is 28.5 Å². The lowest BCUT2D eigenvalue weighted by Crippen LogP contribution is -2.52. The number of rotatable bonds is 14. The summed E-state index contributed by atoms with van der Waals surface area (Å²) in [6.45, 7) is 9.90. The zero-order valence-electron chi connectivity index (χ0n) is 24.6. The third kappa shape index (κ3) is 8.10. The van der Waals surface area contributed by atoms with Crippen molar-refractivity contribution < 1.29 is 22.7 Å². The number of carbonyl (C=O) groups excluding carboxylic acids is 2. The lowest BCUT2D eigenvalue weighted by Gasteiger charge is -2.33. The van der Waals surface area contributed by atoms with Crippen molar-refractivity contribution in [2.45, 2.75) is 64.9 Å². The molecule has 0 aliphatic rings. The van der Waals surface area contributed by atoms with Crippen molar-refractivity contribution in [3.8, 4) is 5.75 Å². The average Bonchev–Trinajstić information content (AvgIpc) is 2.95. The molecule has 1 atom stereocenters. The molecule has 3 rings (SSSR count). The third-order valence-corrected chi connectivity index (χ3v) is 8.47. The molecule has 3 aromatic carbocycles. The highest BCUT2D eigenvalue weighted by atomic mass is 32.2. The molecule has 0 aliphatic carbocycles. The second-order valence-corrected chi connectivity index (χ2v) is 11.8. The smallest absolute Gasteiger partial charge is 0.264 e. The first kappa shape index (κ1) is 31.7. The first-order valence-electron chi connectivity index (χ1n) is 14.1. The Balaban J connectivity index is 2.10. The minimum Gasteiger partial charge on any atom is -0.492 e. The van der Waals surface area contributed by atoms with Gasteiger partial charge in [-0.15, -0.1) is 0 Å². The fourth-order valence-electron chi connectivity index (χ4n) is 4.58. The van der Waals surface area contributed by atoms with Crippen LogP contribution in [-0.2, 0) is 26.2 Å². The van der Waals surface area contributed by atoms with Crippen LogP contribution in [0.5, 0.6) is 5.75 Å². The van der Waals surface area contributed by atoms with Gasteiger partial charge >= 0.3 is 0 Å². The summed E-state index contributed by atoms with van der Waals surface area (Å²) in [7, 11) is -4.18. The van der Waals surface area contributed by atoms with E-state index in [0.717, 1.165) is 27.4 Å². The Morgan fingerprint density at radius 3 is 2.24 bits per heavy atom. The molecular weight excluding hydrogens is 538 g/mol. The van der Waals surface area contributed by atoms with E-state index in [4.69, 9.17) is 4.74 Å². The number of benzene rings is 3. The predicted molar refractivity (Wildman–Crippen MR) is 162 cm³/mol. The van der Waals surface area contributed by atoms with Gasteiger partial charge < -0.3 is 15.0 Å². The molecule has 2 amide bonds. The van der Waals surface area contributed by atoms with Crippen molar-refractivity contribution in [3.63, 3.8) is 0 Å². The summed E-state index contributed by atoms with van der Waals surface area (Å²) >= 11 is 0. The van der Waals surface area contributed by atoms with Crippen molar-refractivity contribution in [2.75, 3.05) is 24.0 Å². The number of sulfonamides is 1. The van der Waals surface area contributed by atoms with Gasteiger partial charge in [0.05, 0.1) is 17.2 Å². The standard InChI is InChI=1S/C32H41N3O5S/c1-6-20-33-32(37)28(7-2)34(22-26-13-11-12-25(5)21-26)31(36)23-35(29-14-9-10-15-30(29)40-8-3)41(38,39)27-18-16-24(4)17-19-27/h9-19,21,28H,6-8,20,22-23H2,1-5H3,(H,33,37)/t28-/m1/s1. The molecule has 0 bridgehead atoms. The molecule has 0 heterocycles.